The third kappa shape index (κ3) is 4.99. The molecule has 0 saturated carbocycles. The van der Waals surface area contributed by atoms with E-state index < -0.39 is 6.10 Å². The molecule has 2 aliphatic heterocycles. The summed E-state index contributed by atoms with van der Waals surface area (Å²) in [6.07, 6.45) is 2.62. The molecule has 4 rings (SSSR count). The molecule has 1 saturated heterocycles. The smallest absolute Gasteiger partial charge is 0.259 e. The van der Waals surface area contributed by atoms with E-state index in [1.165, 1.54) is 4.90 Å². The van der Waals surface area contributed by atoms with Crippen molar-refractivity contribution in [3.63, 3.8) is 0 Å². The molecule has 1 atom stereocenters. The van der Waals surface area contributed by atoms with Crippen LogP contribution in [0.5, 0.6) is 5.75 Å². The zero-order valence-electron chi connectivity index (χ0n) is 18.5. The minimum Gasteiger partial charge on any atom is -0.493 e. The Morgan fingerprint density at radius 1 is 1.34 bits per heavy atom. The van der Waals surface area contributed by atoms with E-state index in [2.05, 4.69) is 15.3 Å². The van der Waals surface area contributed by atoms with Gasteiger partial charge in [-0.25, -0.2) is 4.98 Å². The number of aromatic nitrogens is 2. The molecule has 170 valence electrons. The number of nitrogens with one attached hydrogen (secondary N) is 1. The number of nitrogens with zero attached hydrogens (tertiary/aromatic N) is 4. The Morgan fingerprint density at radius 2 is 2.19 bits per heavy atom. The number of hydrogen-bond donors (Lipinski definition) is 2. The van der Waals surface area contributed by atoms with Gasteiger partial charge in [0.1, 0.15) is 11.6 Å². The molecule has 0 spiro atoms. The lowest BCUT2D eigenvalue weighted by Crippen LogP contribution is -2.37. The Kier molecular flexibility index (Phi) is 6.55. The monoisotopic (exact) mass is 439 g/mol. The second kappa shape index (κ2) is 9.52. The normalized spacial score (nSPS) is 17.2. The highest BCUT2D eigenvalue weighted by atomic mass is 16.5. The van der Waals surface area contributed by atoms with Crippen LogP contribution in [0.25, 0.3) is 0 Å². The summed E-state index contributed by atoms with van der Waals surface area (Å²) in [5.41, 5.74) is 1.53. The lowest BCUT2D eigenvalue weighted by molar-refractivity contribution is -0.130. The number of hydrogen-bond acceptors (Lipinski definition) is 7. The lowest BCUT2D eigenvalue weighted by Gasteiger charge is -2.24. The van der Waals surface area contributed by atoms with Crippen LogP contribution in [-0.2, 0) is 11.2 Å². The maximum atomic E-state index is 13.5. The Bertz CT molecular complexity index is 996. The van der Waals surface area contributed by atoms with E-state index in [9.17, 15) is 14.7 Å². The van der Waals surface area contributed by atoms with Crippen molar-refractivity contribution >= 4 is 23.6 Å². The van der Waals surface area contributed by atoms with Crippen molar-refractivity contribution < 1.29 is 19.4 Å². The van der Waals surface area contributed by atoms with Crippen molar-refractivity contribution in [3.05, 3.63) is 41.6 Å². The molecule has 2 amide bonds. The quantitative estimate of drug-likeness (QED) is 0.678. The maximum Gasteiger partial charge on any atom is 0.259 e. The molecule has 1 aromatic carbocycles. The first-order valence-corrected chi connectivity index (χ1v) is 11.0. The summed E-state index contributed by atoms with van der Waals surface area (Å²) < 4.78 is 5.55. The summed E-state index contributed by atoms with van der Waals surface area (Å²) >= 11 is 0. The first kappa shape index (κ1) is 22.0. The summed E-state index contributed by atoms with van der Waals surface area (Å²) in [5, 5.41) is 12.9. The summed E-state index contributed by atoms with van der Waals surface area (Å²) in [4.78, 5) is 38.1. The number of benzene rings is 1. The number of carbonyl (C=O) groups is 2. The average molecular weight is 440 g/mol. The van der Waals surface area contributed by atoms with Crippen molar-refractivity contribution in [1.82, 2.24) is 14.9 Å². The predicted molar refractivity (Wildman–Crippen MR) is 120 cm³/mol. The Balaban J connectivity index is 1.57. The molecular weight excluding hydrogens is 410 g/mol. The van der Waals surface area contributed by atoms with Crippen molar-refractivity contribution in [3.8, 4) is 5.75 Å². The van der Waals surface area contributed by atoms with Gasteiger partial charge in [-0.3, -0.25) is 14.5 Å². The van der Waals surface area contributed by atoms with Crippen LogP contribution in [0.3, 0.4) is 0 Å². The molecule has 9 nitrogen and oxygen atoms in total. The zero-order chi connectivity index (χ0) is 22.7. The molecule has 0 unspecified atom stereocenters. The predicted octanol–water partition coefficient (Wildman–Crippen LogP) is 1.86. The van der Waals surface area contributed by atoms with Crippen LogP contribution in [0.4, 0.5) is 11.8 Å². The van der Waals surface area contributed by atoms with Crippen LogP contribution in [0.15, 0.2) is 30.5 Å². The number of carbonyl (C=O) groups excluding carboxylic acids is 2. The van der Waals surface area contributed by atoms with Gasteiger partial charge < -0.3 is 20.1 Å². The molecule has 3 heterocycles. The molecule has 9 heteroatoms. The highest BCUT2D eigenvalue weighted by molar-refractivity contribution is 6.06. The highest BCUT2D eigenvalue weighted by Gasteiger charge is 2.27. The van der Waals surface area contributed by atoms with E-state index in [0.29, 0.717) is 43.4 Å². The number of aliphatic hydroxyl groups excluding tert-OH is 1. The first-order chi connectivity index (χ1) is 15.4. The molecule has 1 aromatic heterocycles. The number of β-amino-alcohol motifs (C(OH)–C–C–N with tert-alkyl or cyclic N) is 1. The van der Waals surface area contributed by atoms with E-state index in [1.807, 2.05) is 26.0 Å². The van der Waals surface area contributed by atoms with Crippen LogP contribution < -0.4 is 15.0 Å². The Hall–Kier alpha value is -3.20. The van der Waals surface area contributed by atoms with Crippen molar-refractivity contribution in [2.24, 2.45) is 0 Å². The van der Waals surface area contributed by atoms with Gasteiger partial charge in [0.2, 0.25) is 11.9 Å². The Morgan fingerprint density at radius 3 is 2.94 bits per heavy atom. The number of amides is 2. The number of aliphatic hydroxyl groups is 1. The van der Waals surface area contributed by atoms with E-state index in [0.717, 1.165) is 17.7 Å². The van der Waals surface area contributed by atoms with Crippen LogP contribution in [-0.4, -0.2) is 70.2 Å². The number of fused-ring (bicyclic) bond motifs is 1. The topological polar surface area (TPSA) is 108 Å². The van der Waals surface area contributed by atoms with Crippen molar-refractivity contribution in [1.29, 1.82) is 0 Å². The molecule has 1 fully saturated rings. The van der Waals surface area contributed by atoms with Gasteiger partial charge in [0.05, 0.1) is 12.7 Å². The van der Waals surface area contributed by atoms with Gasteiger partial charge in [0.15, 0.2) is 0 Å². The van der Waals surface area contributed by atoms with Gasteiger partial charge in [-0.05, 0) is 50.1 Å². The molecular formula is C23H29N5O4. The molecule has 32 heavy (non-hydrogen) atoms. The number of ether oxygens (including phenoxy) is 1. The third-order valence-electron chi connectivity index (χ3n) is 5.58. The van der Waals surface area contributed by atoms with Gasteiger partial charge in [0, 0.05) is 50.3 Å². The third-order valence-corrected chi connectivity index (χ3v) is 5.58. The second-order valence-corrected chi connectivity index (χ2v) is 8.45. The fraction of sp³-hybridized carbons (Fsp3) is 0.478. The van der Waals surface area contributed by atoms with Crippen LogP contribution in [0.2, 0.25) is 0 Å². The highest BCUT2D eigenvalue weighted by Crippen LogP contribution is 2.27. The minimum atomic E-state index is -0.475. The molecule has 2 aromatic rings. The molecule has 0 bridgehead atoms. The molecule has 2 aliphatic rings. The largest absolute Gasteiger partial charge is 0.493 e. The number of rotatable bonds is 7. The summed E-state index contributed by atoms with van der Waals surface area (Å²) in [7, 11) is 0. The van der Waals surface area contributed by atoms with Crippen LogP contribution in [0.1, 0.15) is 42.6 Å². The molecule has 0 radical (unpaired) electrons. The summed E-state index contributed by atoms with van der Waals surface area (Å²) in [5.74, 6) is 1.34. The summed E-state index contributed by atoms with van der Waals surface area (Å²) in [6.45, 7) is 5.63. The average Bonchev–Trinajstić information content (AvgIpc) is 3.41. The van der Waals surface area contributed by atoms with E-state index in [1.54, 1.807) is 23.2 Å². The van der Waals surface area contributed by atoms with Gasteiger partial charge in [-0.2, -0.15) is 4.98 Å². The SMILES string of the molecule is CC(C)Nc1nccc(N(CCC(=O)N2CC[C@H](O)C2)C(=O)c2ccc3c(c2)CCO3)n1. The fourth-order valence-corrected chi connectivity index (χ4v) is 3.96. The summed E-state index contributed by atoms with van der Waals surface area (Å²) in [6, 6.07) is 7.21. The molecule has 0 aliphatic carbocycles. The molecule has 2 N–H and O–H groups in total. The van der Waals surface area contributed by atoms with Crippen LogP contribution in [0, 0.1) is 0 Å². The van der Waals surface area contributed by atoms with Crippen LogP contribution >= 0.6 is 0 Å². The standard InChI is InChI=1S/C23H29N5O4/c1-15(2)25-23-24-9-5-20(26-23)28(11-7-21(30)27-10-6-18(29)14-27)22(31)17-3-4-19-16(13-17)8-12-32-19/h3-5,9,13,15,18,29H,6-8,10-12,14H2,1-2H3,(H,24,25,26)/t18-/m0/s1. The minimum absolute atomic E-state index is 0.0868. The van der Waals surface area contributed by atoms with Gasteiger partial charge in [-0.1, -0.05) is 0 Å². The van der Waals surface area contributed by atoms with Gasteiger partial charge >= 0.3 is 0 Å². The lowest BCUT2D eigenvalue weighted by atomic mass is 10.1. The van der Waals surface area contributed by atoms with Gasteiger partial charge in [0.25, 0.3) is 5.91 Å². The van der Waals surface area contributed by atoms with Crippen molar-refractivity contribution in [2.45, 2.75) is 45.3 Å². The first-order valence-electron chi connectivity index (χ1n) is 11.0. The van der Waals surface area contributed by atoms with E-state index in [-0.39, 0.29) is 30.8 Å². The van der Waals surface area contributed by atoms with E-state index >= 15 is 0 Å². The number of likely N-dealkylation sites (tertiary alicyclic amines) is 1. The van der Waals surface area contributed by atoms with E-state index in [4.69, 9.17) is 4.74 Å². The Labute approximate surface area is 187 Å². The second-order valence-electron chi connectivity index (χ2n) is 8.45. The maximum absolute atomic E-state index is 13.5. The zero-order valence-corrected chi connectivity index (χ0v) is 18.5. The number of anilines is 2. The fourth-order valence-electron chi connectivity index (χ4n) is 3.96. The van der Waals surface area contributed by atoms with Crippen molar-refractivity contribution in [2.75, 3.05) is 36.5 Å². The van der Waals surface area contributed by atoms with Gasteiger partial charge in [-0.15, -0.1) is 0 Å².